The van der Waals surface area contributed by atoms with Crippen molar-refractivity contribution in [2.24, 2.45) is 13.0 Å². The summed E-state index contributed by atoms with van der Waals surface area (Å²) in [5, 5.41) is 17.3. The number of aromatic nitrogens is 2. The second-order valence-electron chi connectivity index (χ2n) is 9.03. The van der Waals surface area contributed by atoms with E-state index in [1.54, 1.807) is 28.6 Å². The number of halogens is 1. The molecule has 1 saturated carbocycles. The highest BCUT2D eigenvalue weighted by Gasteiger charge is 2.28. The molecule has 1 saturated heterocycles. The number of benzene rings is 1. The molecule has 34 heavy (non-hydrogen) atoms. The highest BCUT2D eigenvalue weighted by Crippen LogP contribution is 2.36. The van der Waals surface area contributed by atoms with Gasteiger partial charge in [-0.3, -0.25) is 9.59 Å². The molecule has 1 aromatic carbocycles. The largest absolute Gasteiger partial charge is 0.382 e. The lowest BCUT2D eigenvalue weighted by molar-refractivity contribution is 0.0645. The average molecular weight is 477 g/mol. The number of carbonyl (C=O) groups is 1. The first kappa shape index (κ1) is 22.2. The predicted molar refractivity (Wildman–Crippen MR) is 133 cm³/mol. The molecular weight excluding hydrogens is 452 g/mol. The third-order valence-electron chi connectivity index (χ3n) is 6.69. The first-order valence-corrected chi connectivity index (χ1v) is 11.8. The van der Waals surface area contributed by atoms with Crippen molar-refractivity contribution < 1.29 is 4.79 Å². The third-order valence-corrected chi connectivity index (χ3v) is 6.96. The molecular formula is C25H25ClN6O2. The molecule has 3 heterocycles. The Labute approximate surface area is 202 Å². The fourth-order valence-electron chi connectivity index (χ4n) is 4.36. The van der Waals surface area contributed by atoms with Gasteiger partial charge < -0.3 is 20.1 Å². The van der Waals surface area contributed by atoms with Gasteiger partial charge in [0.1, 0.15) is 22.5 Å². The topological polar surface area (TPSA) is 103 Å². The van der Waals surface area contributed by atoms with E-state index in [9.17, 15) is 14.9 Å². The summed E-state index contributed by atoms with van der Waals surface area (Å²) in [5.74, 6) is 0.409. The number of hydrogen-bond acceptors (Lipinski definition) is 6. The van der Waals surface area contributed by atoms with Crippen molar-refractivity contribution in [1.29, 1.82) is 5.26 Å². The van der Waals surface area contributed by atoms with Crippen LogP contribution in [-0.2, 0) is 7.05 Å². The average Bonchev–Trinajstić information content (AvgIpc) is 3.61. The zero-order chi connectivity index (χ0) is 24.0. The summed E-state index contributed by atoms with van der Waals surface area (Å²) < 4.78 is 1.58. The van der Waals surface area contributed by atoms with E-state index in [1.165, 1.54) is 12.8 Å². The Morgan fingerprint density at radius 2 is 2.00 bits per heavy atom. The maximum absolute atomic E-state index is 12.8. The minimum Gasteiger partial charge on any atom is -0.382 e. The van der Waals surface area contributed by atoms with E-state index in [4.69, 9.17) is 11.6 Å². The number of pyridine rings is 2. The summed E-state index contributed by atoms with van der Waals surface area (Å²) in [5.41, 5.74) is 2.64. The Kier molecular flexibility index (Phi) is 5.66. The van der Waals surface area contributed by atoms with Crippen LogP contribution in [0.25, 0.3) is 10.9 Å². The Morgan fingerprint density at radius 1 is 1.24 bits per heavy atom. The Morgan fingerprint density at radius 3 is 2.65 bits per heavy atom. The Hall–Kier alpha value is -3.57. The third kappa shape index (κ3) is 3.97. The molecule has 174 valence electrons. The van der Waals surface area contributed by atoms with E-state index < -0.39 is 0 Å². The first-order chi connectivity index (χ1) is 16.4. The molecule has 0 spiro atoms. The van der Waals surface area contributed by atoms with Crippen molar-refractivity contribution in [3.63, 3.8) is 0 Å². The summed E-state index contributed by atoms with van der Waals surface area (Å²) in [6, 6.07) is 11.2. The number of fused-ring (bicyclic) bond motifs is 1. The number of nitrogens with zero attached hydrogens (tertiary/aromatic N) is 4. The summed E-state index contributed by atoms with van der Waals surface area (Å²) in [7, 11) is 1.72. The summed E-state index contributed by atoms with van der Waals surface area (Å²) in [6.45, 7) is 3.50. The fraction of sp³-hybridized carbons (Fsp3) is 0.360. The Balaban J connectivity index is 1.59. The van der Waals surface area contributed by atoms with E-state index >= 15 is 0 Å². The van der Waals surface area contributed by atoms with Crippen molar-refractivity contribution >= 4 is 45.5 Å². The highest BCUT2D eigenvalue weighted by molar-refractivity contribution is 6.31. The number of amides is 1. The second-order valence-corrected chi connectivity index (χ2v) is 9.39. The summed E-state index contributed by atoms with van der Waals surface area (Å²) in [6.07, 6.45) is 3.35. The lowest BCUT2D eigenvalue weighted by atomic mass is 10.1. The minimum atomic E-state index is -0.216. The molecule has 1 aliphatic heterocycles. The molecule has 1 amide bonds. The number of anilines is 3. The number of aryl methyl sites for hydroxylation is 1. The van der Waals surface area contributed by atoms with Crippen LogP contribution in [0, 0.1) is 17.2 Å². The molecule has 1 atom stereocenters. The van der Waals surface area contributed by atoms with Crippen LogP contribution in [0.2, 0.25) is 5.15 Å². The number of nitrogens with one attached hydrogen (secondary N) is 2. The van der Waals surface area contributed by atoms with Gasteiger partial charge in [0.25, 0.3) is 11.5 Å². The number of para-hydroxylation sites is 1. The predicted octanol–water partition coefficient (Wildman–Crippen LogP) is 4.26. The summed E-state index contributed by atoms with van der Waals surface area (Å²) in [4.78, 5) is 31.4. The molecule has 2 aromatic heterocycles. The van der Waals surface area contributed by atoms with Gasteiger partial charge in [-0.25, -0.2) is 4.98 Å². The second kappa shape index (κ2) is 8.65. The van der Waals surface area contributed by atoms with Gasteiger partial charge in [-0.1, -0.05) is 23.7 Å². The lowest BCUT2D eigenvalue weighted by Gasteiger charge is -2.30. The number of carbonyl (C=O) groups excluding carboxylic acids is 1. The number of rotatable bonds is 6. The molecule has 1 aliphatic carbocycles. The number of nitriles is 1. The molecule has 9 heteroatoms. The molecule has 8 nitrogen and oxygen atoms in total. The Bertz CT molecular complexity index is 1400. The molecule has 2 N–H and O–H groups in total. The van der Waals surface area contributed by atoms with Gasteiger partial charge in [-0.2, -0.15) is 5.26 Å². The zero-order valence-electron chi connectivity index (χ0n) is 19.1. The van der Waals surface area contributed by atoms with Crippen LogP contribution in [0.1, 0.15) is 42.2 Å². The van der Waals surface area contributed by atoms with Crippen molar-refractivity contribution in [3.8, 4) is 6.07 Å². The molecule has 0 radical (unpaired) electrons. The minimum absolute atomic E-state index is 0.0360. The van der Waals surface area contributed by atoms with Crippen LogP contribution in [-0.4, -0.2) is 39.5 Å². The zero-order valence-corrected chi connectivity index (χ0v) is 19.8. The van der Waals surface area contributed by atoms with E-state index in [-0.39, 0.29) is 33.9 Å². The lowest BCUT2D eigenvalue weighted by Crippen LogP contribution is -2.42. The standard InChI is InChI=1S/C25H25ClN6O2/c1-14(15-7-8-15)28-20-12-22(33)31(2)23-16(20)5-3-6-18(23)29-19-11-21(25(34)32-9-4-10-32)30-24(26)17(19)13-27/h3,5-6,11-12,14-15,28H,4,7-10H2,1-2H3,(H,29,30)/t14-/m1/s1. The SMILES string of the molecule is C[C@@H](Nc1cc(=O)n(C)c2c(Nc3cc(C(=O)N4CCC4)nc(Cl)c3C#N)cccc12)C1CC1. The molecule has 3 aromatic rings. The van der Waals surface area contributed by atoms with Crippen LogP contribution in [0.15, 0.2) is 35.1 Å². The maximum atomic E-state index is 12.8. The fourth-order valence-corrected chi connectivity index (χ4v) is 4.60. The van der Waals surface area contributed by atoms with Crippen molar-refractivity contribution in [2.75, 3.05) is 23.7 Å². The molecule has 2 aliphatic rings. The smallest absolute Gasteiger partial charge is 0.272 e. The van der Waals surface area contributed by atoms with Crippen molar-refractivity contribution in [1.82, 2.24) is 14.5 Å². The molecule has 0 unspecified atom stereocenters. The van der Waals surface area contributed by atoms with Crippen LogP contribution in [0.4, 0.5) is 17.1 Å². The van der Waals surface area contributed by atoms with Gasteiger partial charge in [0.2, 0.25) is 0 Å². The van der Waals surface area contributed by atoms with Gasteiger partial charge in [-0.15, -0.1) is 0 Å². The van der Waals surface area contributed by atoms with Crippen molar-refractivity contribution in [2.45, 2.75) is 32.2 Å². The highest BCUT2D eigenvalue weighted by atomic mass is 35.5. The van der Waals surface area contributed by atoms with Gasteiger partial charge in [0, 0.05) is 43.3 Å². The monoisotopic (exact) mass is 476 g/mol. The van der Waals surface area contributed by atoms with Crippen molar-refractivity contribution in [3.05, 3.63) is 57.1 Å². The van der Waals surface area contributed by atoms with Crippen LogP contribution in [0.5, 0.6) is 0 Å². The molecule has 5 rings (SSSR count). The van der Waals surface area contributed by atoms with E-state index in [0.29, 0.717) is 35.9 Å². The summed E-state index contributed by atoms with van der Waals surface area (Å²) >= 11 is 6.29. The van der Waals surface area contributed by atoms with E-state index in [1.807, 2.05) is 18.2 Å². The van der Waals surface area contributed by atoms with E-state index in [2.05, 4.69) is 28.6 Å². The molecule has 2 fully saturated rings. The van der Waals surface area contributed by atoms with E-state index in [0.717, 1.165) is 17.5 Å². The number of likely N-dealkylation sites (tertiary alicyclic amines) is 1. The number of hydrogen-bond donors (Lipinski definition) is 2. The quantitative estimate of drug-likeness (QED) is 0.515. The van der Waals surface area contributed by atoms with Gasteiger partial charge in [-0.05, 0) is 44.2 Å². The van der Waals surface area contributed by atoms with Crippen LogP contribution >= 0.6 is 11.6 Å². The van der Waals surface area contributed by atoms with Gasteiger partial charge in [0.05, 0.1) is 16.9 Å². The van der Waals surface area contributed by atoms with Crippen LogP contribution < -0.4 is 16.2 Å². The normalized spacial score (nSPS) is 16.0. The van der Waals surface area contributed by atoms with Crippen LogP contribution in [0.3, 0.4) is 0 Å². The molecule has 0 bridgehead atoms. The maximum Gasteiger partial charge on any atom is 0.272 e. The first-order valence-electron chi connectivity index (χ1n) is 11.4. The van der Waals surface area contributed by atoms with Gasteiger partial charge in [0.15, 0.2) is 0 Å². The van der Waals surface area contributed by atoms with Gasteiger partial charge >= 0.3 is 0 Å².